The maximum atomic E-state index is 6.99. The van der Waals surface area contributed by atoms with E-state index in [9.17, 15) is 0 Å². The molecule has 0 aliphatic rings. The average molecular weight is 220 g/mol. The normalized spacial score (nSPS) is 10.1. The minimum Gasteiger partial charge on any atom is -0.379 e. The van der Waals surface area contributed by atoms with Crippen molar-refractivity contribution >= 4 is 40.5 Å². The van der Waals surface area contributed by atoms with Gasteiger partial charge in [0, 0.05) is 0 Å². The summed E-state index contributed by atoms with van der Waals surface area (Å²) in [5, 5.41) is 12.2. The van der Waals surface area contributed by atoms with Crippen LogP contribution in [0.1, 0.15) is 5.01 Å². The van der Waals surface area contributed by atoms with Gasteiger partial charge in [-0.1, -0.05) is 23.1 Å². The molecule has 0 saturated heterocycles. The molecule has 0 radical (unpaired) electrons. The Morgan fingerprint density at radius 3 is 3.00 bits per heavy atom. The zero-order valence-corrected chi connectivity index (χ0v) is 8.85. The summed E-state index contributed by atoms with van der Waals surface area (Å²) in [5.74, 6) is 0.526. The molecule has 0 unspecified atom stereocenters. The van der Waals surface area contributed by atoms with E-state index in [0.29, 0.717) is 5.88 Å². The van der Waals surface area contributed by atoms with Gasteiger partial charge in [0.1, 0.15) is 5.01 Å². The summed E-state index contributed by atoms with van der Waals surface area (Å²) in [5.41, 5.74) is 5.17. The summed E-state index contributed by atoms with van der Waals surface area (Å²) in [6, 6.07) is 0. The first-order valence-electron chi connectivity index (χ1n) is 3.11. The lowest BCUT2D eigenvalue weighted by Crippen LogP contribution is -2.07. The van der Waals surface area contributed by atoms with Crippen LogP contribution in [0, 0.1) is 16.3 Å². The third-order valence-corrected chi connectivity index (χ3v) is 2.96. The first-order valence-corrected chi connectivity index (χ1v) is 5.32. The molecule has 4 nitrogen and oxygen atoms in total. The van der Waals surface area contributed by atoms with Gasteiger partial charge in [0.15, 0.2) is 9.12 Å². The lowest BCUT2D eigenvalue weighted by Gasteiger charge is -1.97. The third-order valence-electron chi connectivity index (χ3n) is 1.05. The van der Waals surface area contributed by atoms with Crippen molar-refractivity contribution in [3.8, 4) is 0 Å². The third kappa shape index (κ3) is 2.58. The van der Waals surface area contributed by atoms with Crippen LogP contribution in [-0.4, -0.2) is 14.9 Å². The number of rotatable bonds is 2. The second-order valence-corrected chi connectivity index (χ2v) is 4.84. The van der Waals surface area contributed by atoms with Crippen LogP contribution in [0.25, 0.3) is 0 Å². The quantitative estimate of drug-likeness (QED) is 0.451. The van der Waals surface area contributed by atoms with E-state index in [4.69, 9.17) is 23.4 Å². The van der Waals surface area contributed by atoms with Crippen molar-refractivity contribution in [2.75, 3.05) is 0 Å². The van der Waals surface area contributed by atoms with Crippen molar-refractivity contribution in [2.24, 2.45) is 5.73 Å². The first-order chi connectivity index (χ1) is 5.59. The van der Waals surface area contributed by atoms with E-state index in [0.717, 1.165) is 8.96 Å². The number of nitrogens with two attached hydrogens (primary N) is 1. The van der Waals surface area contributed by atoms with E-state index in [1.54, 1.807) is 4.68 Å². The van der Waals surface area contributed by atoms with Crippen molar-refractivity contribution < 1.29 is 0 Å². The molecule has 0 amide bonds. The standard InChI is InChI=1S/C5H8N4S3/c1-3-8-9(5(10)12-3)2-11-4(6)7/h2H2,1H3,(H3,6,7). The Labute approximate surface area is 83.3 Å². The van der Waals surface area contributed by atoms with Crippen LogP contribution < -0.4 is 5.73 Å². The van der Waals surface area contributed by atoms with Crippen molar-refractivity contribution in [2.45, 2.75) is 12.8 Å². The van der Waals surface area contributed by atoms with E-state index < -0.39 is 0 Å². The largest absolute Gasteiger partial charge is 0.379 e. The highest BCUT2D eigenvalue weighted by Crippen LogP contribution is 2.10. The number of aromatic nitrogens is 2. The minimum absolute atomic E-state index is 0.0857. The molecule has 1 heterocycles. The SMILES string of the molecule is Cc1nn(CSC(=N)N)c(=S)s1. The minimum atomic E-state index is 0.0857. The summed E-state index contributed by atoms with van der Waals surface area (Å²) >= 11 is 7.70. The Morgan fingerprint density at radius 2 is 2.58 bits per heavy atom. The van der Waals surface area contributed by atoms with Gasteiger partial charge in [-0.2, -0.15) is 5.10 Å². The number of hydrogen-bond donors (Lipinski definition) is 2. The van der Waals surface area contributed by atoms with Gasteiger partial charge in [-0.15, -0.1) is 0 Å². The molecule has 0 fully saturated rings. The second-order valence-electron chi connectivity index (χ2n) is 2.02. The van der Waals surface area contributed by atoms with Gasteiger partial charge < -0.3 is 5.73 Å². The van der Waals surface area contributed by atoms with E-state index in [1.165, 1.54) is 23.1 Å². The van der Waals surface area contributed by atoms with E-state index in [1.807, 2.05) is 6.92 Å². The molecule has 0 saturated carbocycles. The van der Waals surface area contributed by atoms with Crippen molar-refractivity contribution in [3.63, 3.8) is 0 Å². The number of thioether (sulfide) groups is 1. The molecule has 0 aliphatic carbocycles. The molecule has 0 atom stereocenters. The van der Waals surface area contributed by atoms with Gasteiger partial charge in [-0.3, -0.25) is 5.41 Å². The summed E-state index contributed by atoms with van der Waals surface area (Å²) in [6.07, 6.45) is 0. The van der Waals surface area contributed by atoms with Crippen molar-refractivity contribution in [1.29, 1.82) is 5.41 Å². The summed E-state index contributed by atoms with van der Waals surface area (Å²) in [4.78, 5) is 0. The summed E-state index contributed by atoms with van der Waals surface area (Å²) < 4.78 is 2.39. The molecule has 0 aromatic carbocycles. The van der Waals surface area contributed by atoms with Gasteiger partial charge in [-0.05, 0) is 19.1 Å². The van der Waals surface area contributed by atoms with Crippen LogP contribution in [0.2, 0.25) is 0 Å². The molecule has 3 N–H and O–H groups in total. The molecule has 0 aliphatic heterocycles. The zero-order chi connectivity index (χ0) is 9.14. The number of nitrogens with zero attached hydrogens (tertiary/aromatic N) is 2. The fraction of sp³-hybridized carbons (Fsp3) is 0.400. The first kappa shape index (κ1) is 9.69. The summed E-state index contributed by atoms with van der Waals surface area (Å²) in [6.45, 7) is 1.90. The second kappa shape index (κ2) is 4.01. The van der Waals surface area contributed by atoms with Gasteiger partial charge in [0.2, 0.25) is 0 Å². The molecule has 12 heavy (non-hydrogen) atoms. The monoisotopic (exact) mass is 220 g/mol. The van der Waals surface area contributed by atoms with Gasteiger partial charge in [0.25, 0.3) is 0 Å². The molecular formula is C5H8N4S3. The molecular weight excluding hydrogens is 212 g/mol. The van der Waals surface area contributed by atoms with Crippen LogP contribution in [-0.2, 0) is 5.88 Å². The smallest absolute Gasteiger partial charge is 0.180 e. The van der Waals surface area contributed by atoms with Crippen molar-refractivity contribution in [1.82, 2.24) is 9.78 Å². The molecule has 7 heteroatoms. The molecule has 1 aromatic heterocycles. The summed E-state index contributed by atoms with van der Waals surface area (Å²) in [7, 11) is 0. The number of nitrogens with one attached hydrogen (secondary N) is 1. The Kier molecular flexibility index (Phi) is 3.24. The Morgan fingerprint density at radius 1 is 1.92 bits per heavy atom. The lowest BCUT2D eigenvalue weighted by molar-refractivity contribution is 0.733. The van der Waals surface area contributed by atoms with Crippen molar-refractivity contribution in [3.05, 3.63) is 8.96 Å². The average Bonchev–Trinajstić information content (AvgIpc) is 2.26. The molecule has 1 aromatic rings. The number of hydrogen-bond acceptors (Lipinski definition) is 5. The van der Waals surface area contributed by atoms with E-state index in [2.05, 4.69) is 5.10 Å². The number of amidine groups is 1. The molecule has 1 rings (SSSR count). The van der Waals surface area contributed by atoms with Crippen LogP contribution in [0.4, 0.5) is 0 Å². The van der Waals surface area contributed by atoms with Crippen LogP contribution in [0.3, 0.4) is 0 Å². The lowest BCUT2D eigenvalue weighted by atomic mass is 10.9. The molecule has 0 spiro atoms. The molecule has 0 bridgehead atoms. The maximum absolute atomic E-state index is 6.99. The number of aryl methyl sites for hydroxylation is 1. The van der Waals surface area contributed by atoms with Crippen LogP contribution in [0.5, 0.6) is 0 Å². The predicted octanol–water partition coefficient (Wildman–Crippen LogP) is 1.57. The van der Waals surface area contributed by atoms with Crippen LogP contribution >= 0.6 is 35.3 Å². The highest BCUT2D eigenvalue weighted by molar-refractivity contribution is 8.12. The van der Waals surface area contributed by atoms with Gasteiger partial charge in [0.05, 0.1) is 5.88 Å². The Balaban J connectivity index is 2.69. The zero-order valence-electron chi connectivity index (χ0n) is 6.40. The van der Waals surface area contributed by atoms with Gasteiger partial charge in [-0.25, -0.2) is 4.68 Å². The molecule has 66 valence electrons. The Bertz CT molecular complexity index is 339. The fourth-order valence-corrected chi connectivity index (χ4v) is 2.30. The van der Waals surface area contributed by atoms with E-state index >= 15 is 0 Å². The van der Waals surface area contributed by atoms with Gasteiger partial charge >= 0.3 is 0 Å². The van der Waals surface area contributed by atoms with Crippen LogP contribution in [0.15, 0.2) is 0 Å². The highest BCUT2D eigenvalue weighted by atomic mass is 32.2. The highest BCUT2D eigenvalue weighted by Gasteiger charge is 1.99. The predicted molar refractivity (Wildman–Crippen MR) is 55.2 cm³/mol. The fourth-order valence-electron chi connectivity index (χ4n) is 0.623. The van der Waals surface area contributed by atoms with E-state index in [-0.39, 0.29) is 5.17 Å². The Hall–Kier alpha value is -0.400. The topological polar surface area (TPSA) is 67.7 Å². The maximum Gasteiger partial charge on any atom is 0.180 e.